The third-order valence-electron chi connectivity index (χ3n) is 4.53. The predicted octanol–water partition coefficient (Wildman–Crippen LogP) is 2.34. The van der Waals surface area contributed by atoms with Crippen molar-refractivity contribution in [3.05, 3.63) is 46.0 Å². The highest BCUT2D eigenvalue weighted by Crippen LogP contribution is 2.32. The third kappa shape index (κ3) is 2.73. The number of nitrogens with zero attached hydrogens (tertiary/aromatic N) is 3. The van der Waals surface area contributed by atoms with Gasteiger partial charge < -0.3 is 19.4 Å². The van der Waals surface area contributed by atoms with Crippen molar-refractivity contribution in [2.75, 3.05) is 6.54 Å². The minimum absolute atomic E-state index is 0.0951. The number of H-pyrrole nitrogens is 2. The van der Waals surface area contributed by atoms with Gasteiger partial charge >= 0.3 is 5.69 Å². The van der Waals surface area contributed by atoms with Gasteiger partial charge in [0.15, 0.2) is 5.82 Å². The van der Waals surface area contributed by atoms with Gasteiger partial charge in [-0.2, -0.15) is 4.98 Å². The Bertz CT molecular complexity index is 983. The van der Waals surface area contributed by atoms with E-state index in [4.69, 9.17) is 4.52 Å². The molecule has 0 saturated carbocycles. The Morgan fingerprint density at radius 3 is 2.88 bits per heavy atom. The lowest BCUT2D eigenvalue weighted by atomic mass is 10.1. The summed E-state index contributed by atoms with van der Waals surface area (Å²) in [7, 11) is 0. The fourth-order valence-electron chi connectivity index (χ4n) is 3.23. The van der Waals surface area contributed by atoms with Gasteiger partial charge in [0.25, 0.3) is 5.91 Å². The highest BCUT2D eigenvalue weighted by molar-refractivity contribution is 5.97. The summed E-state index contributed by atoms with van der Waals surface area (Å²) in [6.45, 7) is 4.63. The molecule has 3 heterocycles. The number of fused-ring (bicyclic) bond motifs is 1. The summed E-state index contributed by atoms with van der Waals surface area (Å²) in [6.07, 6.45) is 1.71. The molecule has 1 saturated heterocycles. The van der Waals surface area contributed by atoms with E-state index in [1.54, 1.807) is 23.1 Å². The number of likely N-dealkylation sites (tertiary alicyclic amines) is 1. The number of hydrogen-bond donors (Lipinski definition) is 2. The van der Waals surface area contributed by atoms with Crippen molar-refractivity contribution in [3.8, 4) is 0 Å². The van der Waals surface area contributed by atoms with Crippen LogP contribution in [0.15, 0.2) is 27.5 Å². The van der Waals surface area contributed by atoms with Crippen LogP contribution in [0.2, 0.25) is 0 Å². The quantitative estimate of drug-likeness (QED) is 0.760. The molecule has 1 aliphatic heterocycles. The number of benzene rings is 1. The second-order valence-electron chi connectivity index (χ2n) is 6.64. The molecule has 1 aliphatic rings. The summed E-state index contributed by atoms with van der Waals surface area (Å²) in [4.78, 5) is 35.9. The molecule has 0 bridgehead atoms. The third-order valence-corrected chi connectivity index (χ3v) is 4.53. The van der Waals surface area contributed by atoms with E-state index in [1.807, 2.05) is 13.8 Å². The maximum atomic E-state index is 13.0. The SMILES string of the molecule is CC(C)c1nc(C2CCCN2C(=O)c2ccc3[nH]c(=O)[nH]c3c2)no1. The van der Waals surface area contributed by atoms with E-state index in [-0.39, 0.29) is 23.6 Å². The molecule has 0 radical (unpaired) electrons. The summed E-state index contributed by atoms with van der Waals surface area (Å²) in [5, 5.41) is 4.07. The van der Waals surface area contributed by atoms with Crippen molar-refractivity contribution in [2.24, 2.45) is 0 Å². The molecule has 1 unspecified atom stereocenters. The summed E-state index contributed by atoms with van der Waals surface area (Å²) in [5.74, 6) is 1.20. The summed E-state index contributed by atoms with van der Waals surface area (Å²) in [5.41, 5.74) is 1.54. The number of amides is 1. The molecule has 8 heteroatoms. The van der Waals surface area contributed by atoms with Crippen LogP contribution >= 0.6 is 0 Å². The lowest BCUT2D eigenvalue weighted by Gasteiger charge is -2.22. The molecule has 1 amide bonds. The number of hydrogen-bond acceptors (Lipinski definition) is 5. The Kier molecular flexibility index (Phi) is 3.67. The Morgan fingerprint density at radius 1 is 1.32 bits per heavy atom. The number of aromatic nitrogens is 4. The van der Waals surface area contributed by atoms with Gasteiger partial charge in [0.1, 0.15) is 0 Å². The molecule has 0 spiro atoms. The normalized spacial score (nSPS) is 17.7. The Labute approximate surface area is 143 Å². The molecule has 2 aromatic heterocycles. The van der Waals surface area contributed by atoms with Crippen molar-refractivity contribution < 1.29 is 9.32 Å². The molecule has 1 fully saturated rings. The number of carbonyl (C=O) groups is 1. The summed E-state index contributed by atoms with van der Waals surface area (Å²) >= 11 is 0. The first-order valence-corrected chi connectivity index (χ1v) is 8.39. The van der Waals surface area contributed by atoms with Gasteiger partial charge in [0.05, 0.1) is 17.1 Å². The highest BCUT2D eigenvalue weighted by Gasteiger charge is 2.34. The van der Waals surface area contributed by atoms with Crippen molar-refractivity contribution in [1.29, 1.82) is 0 Å². The average molecular weight is 341 g/mol. The first kappa shape index (κ1) is 15.6. The van der Waals surface area contributed by atoms with Gasteiger partial charge in [-0.3, -0.25) is 4.79 Å². The van der Waals surface area contributed by atoms with Gasteiger partial charge in [-0.05, 0) is 31.0 Å². The molecule has 25 heavy (non-hydrogen) atoms. The van der Waals surface area contributed by atoms with Crippen LogP contribution < -0.4 is 5.69 Å². The zero-order valence-corrected chi connectivity index (χ0v) is 14.1. The van der Waals surface area contributed by atoms with Crippen LogP contribution in [0.1, 0.15) is 60.7 Å². The molecular formula is C17H19N5O3. The summed E-state index contributed by atoms with van der Waals surface area (Å²) in [6, 6.07) is 4.97. The van der Waals surface area contributed by atoms with Crippen LogP contribution in [-0.4, -0.2) is 37.5 Å². The largest absolute Gasteiger partial charge is 0.339 e. The van der Waals surface area contributed by atoms with Gasteiger partial charge in [0.2, 0.25) is 5.89 Å². The maximum absolute atomic E-state index is 13.0. The van der Waals surface area contributed by atoms with Gasteiger partial charge in [0, 0.05) is 18.0 Å². The van der Waals surface area contributed by atoms with E-state index in [0.29, 0.717) is 34.9 Å². The lowest BCUT2D eigenvalue weighted by molar-refractivity contribution is 0.0728. The Hall–Kier alpha value is -2.90. The Morgan fingerprint density at radius 2 is 2.12 bits per heavy atom. The number of aromatic amines is 2. The van der Waals surface area contributed by atoms with Crippen LogP contribution in [0.4, 0.5) is 0 Å². The molecular weight excluding hydrogens is 322 g/mol. The van der Waals surface area contributed by atoms with Crippen LogP contribution in [0.25, 0.3) is 11.0 Å². The lowest BCUT2D eigenvalue weighted by Crippen LogP contribution is -2.31. The second kappa shape index (κ2) is 5.87. The van der Waals surface area contributed by atoms with Crippen molar-refractivity contribution in [2.45, 2.75) is 38.6 Å². The monoisotopic (exact) mass is 341 g/mol. The fourth-order valence-corrected chi connectivity index (χ4v) is 3.23. The minimum Gasteiger partial charge on any atom is -0.339 e. The zero-order chi connectivity index (χ0) is 17.6. The van der Waals surface area contributed by atoms with E-state index in [0.717, 1.165) is 12.8 Å². The summed E-state index contributed by atoms with van der Waals surface area (Å²) < 4.78 is 5.29. The smallest absolute Gasteiger partial charge is 0.323 e. The number of carbonyl (C=O) groups excluding carboxylic acids is 1. The van der Waals surface area contributed by atoms with Crippen LogP contribution in [0.5, 0.6) is 0 Å². The van der Waals surface area contributed by atoms with Gasteiger partial charge in [-0.1, -0.05) is 19.0 Å². The van der Waals surface area contributed by atoms with Gasteiger partial charge in [-0.25, -0.2) is 4.79 Å². The molecule has 1 aromatic carbocycles. The average Bonchev–Trinajstić information content (AvgIpc) is 3.30. The van der Waals surface area contributed by atoms with Crippen LogP contribution in [0.3, 0.4) is 0 Å². The standard InChI is InChI=1S/C17H19N5O3/c1-9(2)15-20-14(21-25-15)13-4-3-7-22(13)16(23)10-5-6-11-12(8-10)19-17(24)18-11/h5-6,8-9,13H,3-4,7H2,1-2H3,(H2,18,19,24). The van der Waals surface area contributed by atoms with Crippen molar-refractivity contribution in [1.82, 2.24) is 25.0 Å². The fraction of sp³-hybridized carbons (Fsp3) is 0.412. The van der Waals surface area contributed by atoms with E-state index < -0.39 is 0 Å². The highest BCUT2D eigenvalue weighted by atomic mass is 16.5. The molecule has 1 atom stereocenters. The molecule has 2 N–H and O–H groups in total. The van der Waals surface area contributed by atoms with Crippen LogP contribution in [0, 0.1) is 0 Å². The van der Waals surface area contributed by atoms with Crippen molar-refractivity contribution >= 4 is 16.9 Å². The molecule has 130 valence electrons. The Balaban J connectivity index is 1.63. The predicted molar refractivity (Wildman–Crippen MR) is 90.3 cm³/mol. The maximum Gasteiger partial charge on any atom is 0.323 e. The number of imidazole rings is 1. The second-order valence-corrected chi connectivity index (χ2v) is 6.64. The molecule has 3 aromatic rings. The zero-order valence-electron chi connectivity index (χ0n) is 14.1. The molecule has 0 aliphatic carbocycles. The number of rotatable bonds is 3. The van der Waals surface area contributed by atoms with E-state index in [1.165, 1.54) is 0 Å². The minimum atomic E-state index is -0.286. The van der Waals surface area contributed by atoms with E-state index in [2.05, 4.69) is 20.1 Å². The first-order valence-electron chi connectivity index (χ1n) is 8.39. The van der Waals surface area contributed by atoms with Gasteiger partial charge in [-0.15, -0.1) is 0 Å². The first-order chi connectivity index (χ1) is 12.0. The van der Waals surface area contributed by atoms with Crippen LogP contribution in [-0.2, 0) is 0 Å². The van der Waals surface area contributed by atoms with E-state index >= 15 is 0 Å². The van der Waals surface area contributed by atoms with E-state index in [9.17, 15) is 9.59 Å². The molecule has 8 nitrogen and oxygen atoms in total. The number of nitrogens with one attached hydrogen (secondary N) is 2. The topological polar surface area (TPSA) is 108 Å². The molecule has 4 rings (SSSR count). The van der Waals surface area contributed by atoms with Crippen molar-refractivity contribution in [3.63, 3.8) is 0 Å².